The Bertz CT molecular complexity index is 203. The van der Waals surface area contributed by atoms with Crippen molar-refractivity contribution in [2.75, 3.05) is 31.1 Å². The molecule has 4 heteroatoms. The summed E-state index contributed by atoms with van der Waals surface area (Å²) in [5.74, 6) is 1.63. The van der Waals surface area contributed by atoms with E-state index in [1.54, 1.807) is 0 Å². The van der Waals surface area contributed by atoms with Crippen LogP contribution in [0.2, 0.25) is 0 Å². The molecule has 0 aromatic carbocycles. The van der Waals surface area contributed by atoms with Crippen molar-refractivity contribution in [1.29, 1.82) is 0 Å². The van der Waals surface area contributed by atoms with Crippen molar-refractivity contribution < 1.29 is 4.21 Å². The van der Waals surface area contributed by atoms with E-state index in [0.29, 0.717) is 0 Å². The Hall–Kier alpha value is 0.0700. The summed E-state index contributed by atoms with van der Waals surface area (Å²) in [6.45, 7) is 9.31. The average Bonchev–Trinajstić information content (AvgIpc) is 2.07. The molecule has 84 valence electrons. The predicted octanol–water partition coefficient (Wildman–Crippen LogP) is 0.424. The third kappa shape index (κ3) is 3.67. The van der Waals surface area contributed by atoms with Crippen LogP contribution in [0.3, 0.4) is 0 Å². The van der Waals surface area contributed by atoms with Gasteiger partial charge in [-0.2, -0.15) is 0 Å². The zero-order chi connectivity index (χ0) is 10.8. The van der Waals surface area contributed by atoms with Crippen molar-refractivity contribution in [3.05, 3.63) is 0 Å². The Morgan fingerprint density at radius 3 is 2.29 bits per heavy atom. The predicted molar refractivity (Wildman–Crippen MR) is 61.7 cm³/mol. The summed E-state index contributed by atoms with van der Waals surface area (Å²) < 4.78 is 11.1. The van der Waals surface area contributed by atoms with Crippen LogP contribution >= 0.6 is 0 Å². The van der Waals surface area contributed by atoms with Crippen LogP contribution in [0.15, 0.2) is 0 Å². The maximum Gasteiger partial charge on any atom is 0.0363 e. The van der Waals surface area contributed by atoms with Gasteiger partial charge in [0.25, 0.3) is 0 Å². The molecule has 0 amide bonds. The second kappa shape index (κ2) is 4.73. The summed E-state index contributed by atoms with van der Waals surface area (Å²) in [6, 6.07) is 0.203. The zero-order valence-electron chi connectivity index (χ0n) is 9.45. The Labute approximate surface area is 89.5 Å². The highest BCUT2D eigenvalue weighted by molar-refractivity contribution is 7.85. The van der Waals surface area contributed by atoms with Gasteiger partial charge in [-0.25, -0.2) is 0 Å². The molecule has 2 N–H and O–H groups in total. The summed E-state index contributed by atoms with van der Waals surface area (Å²) in [6.07, 6.45) is 0. The molecule has 0 radical (unpaired) electrons. The summed E-state index contributed by atoms with van der Waals surface area (Å²) in [5.41, 5.74) is 6.26. The van der Waals surface area contributed by atoms with Crippen LogP contribution in [-0.2, 0) is 10.8 Å². The minimum atomic E-state index is -0.579. The van der Waals surface area contributed by atoms with E-state index < -0.39 is 10.8 Å². The lowest BCUT2D eigenvalue weighted by Crippen LogP contribution is -2.49. The zero-order valence-corrected chi connectivity index (χ0v) is 10.3. The molecule has 1 fully saturated rings. The van der Waals surface area contributed by atoms with Crippen molar-refractivity contribution >= 4 is 10.8 Å². The maximum atomic E-state index is 11.1. The third-order valence-corrected chi connectivity index (χ3v) is 4.11. The van der Waals surface area contributed by atoms with Crippen LogP contribution in [-0.4, -0.2) is 46.3 Å². The Kier molecular flexibility index (Phi) is 4.10. The van der Waals surface area contributed by atoms with Gasteiger partial charge in [0, 0.05) is 48.0 Å². The minimum absolute atomic E-state index is 0.163. The standard InChI is InChI=1S/C10H22N2OS/c1-10(2,3)9(11)8-12-4-6-14(13)7-5-12/h9H,4-8,11H2,1-3H3. The highest BCUT2D eigenvalue weighted by Gasteiger charge is 2.24. The molecule has 1 saturated heterocycles. The number of nitrogens with two attached hydrogens (primary N) is 1. The Morgan fingerprint density at radius 2 is 1.86 bits per heavy atom. The first kappa shape index (κ1) is 12.1. The van der Waals surface area contributed by atoms with Crippen LogP contribution in [0, 0.1) is 5.41 Å². The van der Waals surface area contributed by atoms with Crippen LogP contribution in [0.25, 0.3) is 0 Å². The van der Waals surface area contributed by atoms with Crippen molar-refractivity contribution in [3.63, 3.8) is 0 Å². The fraction of sp³-hybridized carbons (Fsp3) is 1.00. The van der Waals surface area contributed by atoms with Gasteiger partial charge in [-0.15, -0.1) is 0 Å². The molecule has 0 spiro atoms. The molecule has 3 nitrogen and oxygen atoms in total. The lowest BCUT2D eigenvalue weighted by atomic mass is 9.87. The monoisotopic (exact) mass is 218 g/mol. The SMILES string of the molecule is CC(C)(C)C(N)CN1CCS(=O)CC1. The molecule has 14 heavy (non-hydrogen) atoms. The molecule has 0 aliphatic carbocycles. The first-order chi connectivity index (χ1) is 6.39. The van der Waals surface area contributed by atoms with Crippen LogP contribution in [0.1, 0.15) is 20.8 Å². The fourth-order valence-electron chi connectivity index (χ4n) is 1.41. The molecule has 0 saturated carbocycles. The molecule has 1 rings (SSSR count). The fourth-order valence-corrected chi connectivity index (χ4v) is 2.54. The maximum absolute atomic E-state index is 11.1. The van der Waals surface area contributed by atoms with Gasteiger partial charge in [-0.3, -0.25) is 9.11 Å². The van der Waals surface area contributed by atoms with Gasteiger partial charge in [-0.05, 0) is 5.41 Å². The van der Waals surface area contributed by atoms with Crippen molar-refractivity contribution in [3.8, 4) is 0 Å². The summed E-state index contributed by atoms with van der Waals surface area (Å²) >= 11 is 0. The highest BCUT2D eigenvalue weighted by atomic mass is 32.2. The summed E-state index contributed by atoms with van der Waals surface area (Å²) in [7, 11) is -0.579. The second-order valence-corrected chi connectivity index (χ2v) is 6.82. The topological polar surface area (TPSA) is 46.3 Å². The lowest BCUT2D eigenvalue weighted by molar-refractivity contribution is 0.211. The highest BCUT2D eigenvalue weighted by Crippen LogP contribution is 2.18. The van der Waals surface area contributed by atoms with Gasteiger partial charge in [0.2, 0.25) is 0 Å². The molecule has 1 aliphatic heterocycles. The Morgan fingerprint density at radius 1 is 1.36 bits per heavy atom. The van der Waals surface area contributed by atoms with E-state index in [0.717, 1.165) is 31.1 Å². The van der Waals surface area contributed by atoms with Gasteiger partial charge in [0.1, 0.15) is 0 Å². The van der Waals surface area contributed by atoms with E-state index in [1.807, 2.05) is 0 Å². The molecule has 1 aliphatic rings. The summed E-state index contributed by atoms with van der Waals surface area (Å²) in [5, 5.41) is 0. The largest absolute Gasteiger partial charge is 0.326 e. The van der Waals surface area contributed by atoms with Gasteiger partial charge in [-0.1, -0.05) is 20.8 Å². The molecule has 0 aromatic heterocycles. The van der Waals surface area contributed by atoms with E-state index in [1.165, 1.54) is 0 Å². The third-order valence-electron chi connectivity index (χ3n) is 2.84. The molecule has 0 aromatic rings. The van der Waals surface area contributed by atoms with E-state index in [-0.39, 0.29) is 11.5 Å². The number of hydrogen-bond acceptors (Lipinski definition) is 3. The van der Waals surface area contributed by atoms with E-state index in [4.69, 9.17) is 5.73 Å². The van der Waals surface area contributed by atoms with Gasteiger partial charge in [0.15, 0.2) is 0 Å². The van der Waals surface area contributed by atoms with Crippen molar-refractivity contribution in [2.45, 2.75) is 26.8 Å². The molecule has 0 bridgehead atoms. The molecular formula is C10H22N2OS. The van der Waals surface area contributed by atoms with Crippen LogP contribution in [0.5, 0.6) is 0 Å². The van der Waals surface area contributed by atoms with Gasteiger partial charge >= 0.3 is 0 Å². The first-order valence-corrected chi connectivity index (χ1v) is 6.71. The van der Waals surface area contributed by atoms with Crippen LogP contribution < -0.4 is 5.73 Å². The number of hydrogen-bond donors (Lipinski definition) is 1. The molecule has 1 atom stereocenters. The molecular weight excluding hydrogens is 196 g/mol. The summed E-state index contributed by atoms with van der Waals surface area (Å²) in [4.78, 5) is 2.33. The Balaban J connectivity index is 2.34. The van der Waals surface area contributed by atoms with Gasteiger partial charge < -0.3 is 5.73 Å². The minimum Gasteiger partial charge on any atom is -0.326 e. The van der Waals surface area contributed by atoms with E-state index >= 15 is 0 Å². The molecule has 1 unspecified atom stereocenters. The lowest BCUT2D eigenvalue weighted by Gasteiger charge is -2.34. The second-order valence-electron chi connectivity index (χ2n) is 5.12. The first-order valence-electron chi connectivity index (χ1n) is 5.22. The van der Waals surface area contributed by atoms with Gasteiger partial charge in [0.05, 0.1) is 0 Å². The van der Waals surface area contributed by atoms with E-state index in [9.17, 15) is 4.21 Å². The van der Waals surface area contributed by atoms with Crippen molar-refractivity contribution in [2.24, 2.45) is 11.1 Å². The number of rotatable bonds is 2. The quantitative estimate of drug-likeness (QED) is 0.731. The van der Waals surface area contributed by atoms with Crippen LogP contribution in [0.4, 0.5) is 0 Å². The average molecular weight is 218 g/mol. The molecule has 1 heterocycles. The smallest absolute Gasteiger partial charge is 0.0363 e. The van der Waals surface area contributed by atoms with E-state index in [2.05, 4.69) is 25.7 Å². The van der Waals surface area contributed by atoms with Crippen molar-refractivity contribution in [1.82, 2.24) is 4.90 Å². The number of nitrogens with zero attached hydrogens (tertiary/aromatic N) is 1. The normalized spacial score (nSPS) is 23.7.